The SMILES string of the molecule is CCCCC(CC)COc1ccc([N+](=O)[O-])c(N)c1. The van der Waals surface area contributed by atoms with Gasteiger partial charge in [0.05, 0.1) is 11.5 Å². The van der Waals surface area contributed by atoms with Gasteiger partial charge in [-0.3, -0.25) is 10.1 Å². The summed E-state index contributed by atoms with van der Waals surface area (Å²) in [6.45, 7) is 4.95. The maximum Gasteiger partial charge on any atom is 0.292 e. The molecule has 0 aliphatic heterocycles. The molecule has 106 valence electrons. The van der Waals surface area contributed by atoms with Gasteiger partial charge in [0.1, 0.15) is 11.4 Å². The summed E-state index contributed by atoms with van der Waals surface area (Å²) in [5.74, 6) is 1.12. The van der Waals surface area contributed by atoms with Gasteiger partial charge in [0.2, 0.25) is 0 Å². The Morgan fingerprint density at radius 1 is 1.42 bits per heavy atom. The van der Waals surface area contributed by atoms with Gasteiger partial charge in [0.25, 0.3) is 5.69 Å². The minimum absolute atomic E-state index is 0.0784. The molecule has 1 atom stereocenters. The van der Waals surface area contributed by atoms with Gasteiger partial charge < -0.3 is 10.5 Å². The Balaban J connectivity index is 2.57. The molecule has 1 aromatic carbocycles. The fourth-order valence-electron chi connectivity index (χ4n) is 1.90. The molecule has 2 N–H and O–H groups in total. The van der Waals surface area contributed by atoms with Crippen LogP contribution in [0.25, 0.3) is 0 Å². The molecule has 0 fully saturated rings. The lowest BCUT2D eigenvalue weighted by atomic mass is 10.0. The Labute approximate surface area is 113 Å². The van der Waals surface area contributed by atoms with Crippen LogP contribution in [0.1, 0.15) is 39.5 Å². The van der Waals surface area contributed by atoms with Crippen molar-refractivity contribution < 1.29 is 9.66 Å². The van der Waals surface area contributed by atoms with Gasteiger partial charge in [-0.2, -0.15) is 0 Å². The molecule has 0 spiro atoms. The average Bonchev–Trinajstić information content (AvgIpc) is 2.38. The van der Waals surface area contributed by atoms with Crippen LogP contribution in [-0.2, 0) is 0 Å². The van der Waals surface area contributed by atoms with Crippen molar-refractivity contribution in [3.05, 3.63) is 28.3 Å². The third-order valence-electron chi connectivity index (χ3n) is 3.22. The molecule has 19 heavy (non-hydrogen) atoms. The summed E-state index contributed by atoms with van der Waals surface area (Å²) in [4.78, 5) is 10.2. The van der Waals surface area contributed by atoms with Crippen LogP contribution in [0.5, 0.6) is 5.75 Å². The molecule has 0 aliphatic rings. The van der Waals surface area contributed by atoms with Crippen LogP contribution in [0.2, 0.25) is 0 Å². The Morgan fingerprint density at radius 2 is 2.16 bits per heavy atom. The van der Waals surface area contributed by atoms with Crippen LogP contribution in [0.15, 0.2) is 18.2 Å². The summed E-state index contributed by atoms with van der Waals surface area (Å²) in [5, 5.41) is 10.6. The lowest BCUT2D eigenvalue weighted by molar-refractivity contribution is -0.383. The summed E-state index contributed by atoms with van der Waals surface area (Å²) in [7, 11) is 0. The van der Waals surface area contributed by atoms with Crippen LogP contribution in [-0.4, -0.2) is 11.5 Å². The van der Waals surface area contributed by atoms with Gasteiger partial charge in [-0.15, -0.1) is 0 Å². The largest absolute Gasteiger partial charge is 0.493 e. The molecular weight excluding hydrogens is 244 g/mol. The number of nitrogens with two attached hydrogens (primary N) is 1. The number of rotatable bonds is 8. The number of nitro benzene ring substituents is 1. The van der Waals surface area contributed by atoms with Gasteiger partial charge >= 0.3 is 0 Å². The smallest absolute Gasteiger partial charge is 0.292 e. The number of unbranched alkanes of at least 4 members (excludes halogenated alkanes) is 1. The summed E-state index contributed by atoms with van der Waals surface area (Å²) in [6.07, 6.45) is 4.60. The maximum atomic E-state index is 10.6. The fourth-order valence-corrected chi connectivity index (χ4v) is 1.90. The van der Waals surface area contributed by atoms with E-state index >= 15 is 0 Å². The first-order valence-corrected chi connectivity index (χ1v) is 6.75. The van der Waals surface area contributed by atoms with Crippen LogP contribution in [0.3, 0.4) is 0 Å². The highest BCUT2D eigenvalue weighted by Crippen LogP contribution is 2.26. The van der Waals surface area contributed by atoms with Crippen LogP contribution in [0, 0.1) is 16.0 Å². The van der Waals surface area contributed by atoms with E-state index in [1.807, 2.05) is 0 Å². The Hall–Kier alpha value is -1.78. The standard InChI is InChI=1S/C14H22N2O3/c1-3-5-6-11(4-2)10-19-12-7-8-14(16(17)18)13(15)9-12/h7-9,11H,3-6,10,15H2,1-2H3. The summed E-state index contributed by atoms with van der Waals surface area (Å²) in [5.41, 5.74) is 5.68. The molecule has 0 saturated carbocycles. The average molecular weight is 266 g/mol. The molecule has 0 aromatic heterocycles. The first-order chi connectivity index (χ1) is 9.08. The summed E-state index contributed by atoms with van der Waals surface area (Å²) >= 11 is 0. The van der Waals surface area contributed by atoms with E-state index in [9.17, 15) is 10.1 Å². The molecular formula is C14H22N2O3. The van der Waals surface area contributed by atoms with Crippen molar-refractivity contribution in [1.29, 1.82) is 0 Å². The highest BCUT2D eigenvalue weighted by atomic mass is 16.6. The number of benzene rings is 1. The molecule has 0 heterocycles. The number of nitrogen functional groups attached to an aromatic ring is 1. The quantitative estimate of drug-likeness (QED) is 0.441. The van der Waals surface area contributed by atoms with E-state index in [1.165, 1.54) is 25.0 Å². The Kier molecular flexibility index (Phi) is 6.12. The molecule has 1 unspecified atom stereocenters. The van der Waals surface area contributed by atoms with E-state index in [1.54, 1.807) is 6.07 Å². The zero-order valence-corrected chi connectivity index (χ0v) is 11.6. The third kappa shape index (κ3) is 4.77. The molecule has 5 heteroatoms. The lowest BCUT2D eigenvalue weighted by Gasteiger charge is -2.15. The second-order valence-corrected chi connectivity index (χ2v) is 4.71. The Morgan fingerprint density at radius 3 is 2.68 bits per heavy atom. The van der Waals surface area contributed by atoms with Gasteiger partial charge in [0, 0.05) is 12.1 Å². The molecule has 0 aliphatic carbocycles. The number of anilines is 1. The number of hydrogen-bond acceptors (Lipinski definition) is 4. The normalized spacial score (nSPS) is 12.1. The second-order valence-electron chi connectivity index (χ2n) is 4.71. The van der Waals surface area contributed by atoms with Gasteiger partial charge in [-0.1, -0.05) is 33.1 Å². The van der Waals surface area contributed by atoms with Crippen LogP contribution >= 0.6 is 0 Å². The first-order valence-electron chi connectivity index (χ1n) is 6.75. The minimum Gasteiger partial charge on any atom is -0.493 e. The van der Waals surface area contributed by atoms with Gasteiger partial charge in [0.15, 0.2) is 0 Å². The third-order valence-corrected chi connectivity index (χ3v) is 3.22. The Bertz CT molecular complexity index is 421. The molecule has 0 radical (unpaired) electrons. The van der Waals surface area contributed by atoms with Crippen molar-refractivity contribution in [3.8, 4) is 5.75 Å². The van der Waals surface area contributed by atoms with E-state index < -0.39 is 4.92 Å². The van der Waals surface area contributed by atoms with Crippen molar-refractivity contribution in [2.45, 2.75) is 39.5 Å². The van der Waals surface area contributed by atoms with Crippen LogP contribution in [0.4, 0.5) is 11.4 Å². The summed E-state index contributed by atoms with van der Waals surface area (Å²) in [6, 6.07) is 4.50. The maximum absolute atomic E-state index is 10.6. The fraction of sp³-hybridized carbons (Fsp3) is 0.571. The van der Waals surface area contributed by atoms with Crippen LogP contribution < -0.4 is 10.5 Å². The number of ether oxygens (including phenoxy) is 1. The first kappa shape index (κ1) is 15.3. The highest BCUT2D eigenvalue weighted by Gasteiger charge is 2.12. The van der Waals surface area contributed by atoms with Crippen molar-refractivity contribution in [2.75, 3.05) is 12.3 Å². The molecule has 1 aromatic rings. The molecule has 0 bridgehead atoms. The van der Waals surface area contributed by atoms with Crippen molar-refractivity contribution >= 4 is 11.4 Å². The van der Waals surface area contributed by atoms with Crippen molar-refractivity contribution in [3.63, 3.8) is 0 Å². The van der Waals surface area contributed by atoms with E-state index in [0.29, 0.717) is 18.3 Å². The highest BCUT2D eigenvalue weighted by molar-refractivity contribution is 5.60. The number of nitrogens with zero attached hydrogens (tertiary/aromatic N) is 1. The second kappa shape index (κ2) is 7.61. The molecule has 0 saturated heterocycles. The predicted molar refractivity (Wildman–Crippen MR) is 76.3 cm³/mol. The molecule has 5 nitrogen and oxygen atoms in total. The van der Waals surface area contributed by atoms with E-state index in [-0.39, 0.29) is 11.4 Å². The monoisotopic (exact) mass is 266 g/mol. The number of nitro groups is 1. The van der Waals surface area contributed by atoms with Crippen molar-refractivity contribution in [1.82, 2.24) is 0 Å². The predicted octanol–water partition coefficient (Wildman–Crippen LogP) is 3.77. The number of hydrogen-bond donors (Lipinski definition) is 1. The van der Waals surface area contributed by atoms with Gasteiger partial charge in [-0.05, 0) is 18.4 Å². The van der Waals surface area contributed by atoms with E-state index in [0.717, 1.165) is 12.8 Å². The van der Waals surface area contributed by atoms with Gasteiger partial charge in [-0.25, -0.2) is 0 Å². The summed E-state index contributed by atoms with van der Waals surface area (Å²) < 4.78 is 5.67. The molecule has 0 amide bonds. The zero-order valence-electron chi connectivity index (χ0n) is 11.6. The minimum atomic E-state index is -0.491. The van der Waals surface area contributed by atoms with E-state index in [4.69, 9.17) is 10.5 Å². The molecule has 1 rings (SSSR count). The zero-order chi connectivity index (χ0) is 14.3. The van der Waals surface area contributed by atoms with E-state index in [2.05, 4.69) is 13.8 Å². The topological polar surface area (TPSA) is 78.4 Å². The lowest BCUT2D eigenvalue weighted by Crippen LogP contribution is -2.11. The van der Waals surface area contributed by atoms with Crippen molar-refractivity contribution in [2.24, 2.45) is 5.92 Å².